The van der Waals surface area contributed by atoms with Gasteiger partial charge in [0.2, 0.25) is 0 Å². The van der Waals surface area contributed by atoms with Crippen LogP contribution in [0, 0.1) is 0 Å². The molecule has 1 rings (SSSR count). The lowest BCUT2D eigenvalue weighted by molar-refractivity contribution is -0.141. The van der Waals surface area contributed by atoms with Crippen LogP contribution in [0.2, 0.25) is 0 Å². The van der Waals surface area contributed by atoms with Crippen molar-refractivity contribution >= 4 is 17.3 Å². The lowest BCUT2D eigenvalue weighted by atomic mass is 10.0. The van der Waals surface area contributed by atoms with Crippen LogP contribution in [0.3, 0.4) is 0 Å². The molecule has 21 heavy (non-hydrogen) atoms. The molecule has 0 heterocycles. The molecule has 0 spiro atoms. The molecule has 0 aliphatic carbocycles. The van der Waals surface area contributed by atoms with E-state index in [1.807, 2.05) is 31.1 Å². The van der Waals surface area contributed by atoms with Crippen molar-refractivity contribution in [2.24, 2.45) is 0 Å². The van der Waals surface area contributed by atoms with Crippen molar-refractivity contribution in [3.63, 3.8) is 0 Å². The monoisotopic (exact) mass is 291 g/mol. The highest BCUT2D eigenvalue weighted by molar-refractivity contribution is 6.19. The molecular formula is C16H21NO4. The number of carbonyl (C=O) groups excluding carboxylic acids is 2. The molecule has 0 aliphatic rings. The average molecular weight is 291 g/mol. The van der Waals surface area contributed by atoms with E-state index in [9.17, 15) is 9.59 Å². The SMILES string of the molecule is CC(=O)OCCOc1ccc(/C(=C/N(C)C)C(C)=O)cc1. The Morgan fingerprint density at radius 2 is 1.71 bits per heavy atom. The number of carbonyl (C=O) groups is 2. The number of hydrogen-bond donors (Lipinski definition) is 0. The predicted molar refractivity (Wildman–Crippen MR) is 80.9 cm³/mol. The summed E-state index contributed by atoms with van der Waals surface area (Å²) in [6, 6.07) is 7.24. The van der Waals surface area contributed by atoms with E-state index >= 15 is 0 Å². The molecule has 0 saturated heterocycles. The fourth-order valence-electron chi connectivity index (χ4n) is 1.70. The number of rotatable bonds is 7. The van der Waals surface area contributed by atoms with Gasteiger partial charge < -0.3 is 14.4 Å². The minimum Gasteiger partial charge on any atom is -0.490 e. The summed E-state index contributed by atoms with van der Waals surface area (Å²) in [5.41, 5.74) is 1.48. The Kier molecular flexibility index (Phi) is 6.46. The van der Waals surface area contributed by atoms with E-state index in [1.54, 1.807) is 25.3 Å². The van der Waals surface area contributed by atoms with Crippen molar-refractivity contribution in [1.29, 1.82) is 0 Å². The fourth-order valence-corrected chi connectivity index (χ4v) is 1.70. The van der Waals surface area contributed by atoms with Crippen molar-refractivity contribution in [2.75, 3.05) is 27.3 Å². The first-order valence-electron chi connectivity index (χ1n) is 6.66. The highest BCUT2D eigenvalue weighted by Crippen LogP contribution is 2.20. The maximum atomic E-state index is 11.7. The molecule has 1 aromatic rings. The Balaban J connectivity index is 2.68. The number of Topliss-reactive ketones (excluding diaryl/α,β-unsaturated/α-hetero) is 1. The highest BCUT2D eigenvalue weighted by atomic mass is 16.6. The van der Waals surface area contributed by atoms with E-state index in [2.05, 4.69) is 0 Å². The fraction of sp³-hybridized carbons (Fsp3) is 0.375. The molecule has 5 nitrogen and oxygen atoms in total. The van der Waals surface area contributed by atoms with Crippen LogP contribution in [-0.4, -0.2) is 44.0 Å². The standard InChI is InChI=1S/C16H21NO4/c1-12(18)16(11-17(3)4)14-5-7-15(8-6-14)21-10-9-20-13(2)19/h5-8,11H,9-10H2,1-4H3/b16-11+. The molecule has 0 radical (unpaired) electrons. The molecular weight excluding hydrogens is 270 g/mol. The number of ether oxygens (including phenoxy) is 2. The summed E-state index contributed by atoms with van der Waals surface area (Å²) in [4.78, 5) is 24.1. The quantitative estimate of drug-likeness (QED) is 0.437. The van der Waals surface area contributed by atoms with E-state index in [-0.39, 0.29) is 18.4 Å². The van der Waals surface area contributed by atoms with Gasteiger partial charge in [-0.05, 0) is 24.6 Å². The molecule has 0 unspecified atom stereocenters. The van der Waals surface area contributed by atoms with Crippen molar-refractivity contribution in [3.05, 3.63) is 36.0 Å². The molecule has 1 aromatic carbocycles. The second kappa shape index (κ2) is 8.09. The van der Waals surface area contributed by atoms with Crippen LogP contribution in [0.5, 0.6) is 5.75 Å². The lowest BCUT2D eigenvalue weighted by Crippen LogP contribution is -2.09. The third kappa shape index (κ3) is 6.12. The van der Waals surface area contributed by atoms with Gasteiger partial charge in [-0.15, -0.1) is 0 Å². The molecule has 0 N–H and O–H groups in total. The van der Waals surface area contributed by atoms with Gasteiger partial charge in [0.15, 0.2) is 5.78 Å². The second-order valence-corrected chi connectivity index (χ2v) is 4.78. The maximum absolute atomic E-state index is 11.7. The number of nitrogens with zero attached hydrogens (tertiary/aromatic N) is 1. The second-order valence-electron chi connectivity index (χ2n) is 4.78. The summed E-state index contributed by atoms with van der Waals surface area (Å²) in [5, 5.41) is 0. The first kappa shape index (κ1) is 16.8. The summed E-state index contributed by atoms with van der Waals surface area (Å²) in [6.07, 6.45) is 1.79. The summed E-state index contributed by atoms with van der Waals surface area (Å²) in [6.45, 7) is 3.41. The molecule has 0 saturated carbocycles. The van der Waals surface area contributed by atoms with Crippen molar-refractivity contribution < 1.29 is 19.1 Å². The van der Waals surface area contributed by atoms with Crippen LogP contribution in [-0.2, 0) is 14.3 Å². The molecule has 0 fully saturated rings. The van der Waals surface area contributed by atoms with Gasteiger partial charge in [-0.2, -0.15) is 0 Å². The molecule has 0 bridgehead atoms. The van der Waals surface area contributed by atoms with E-state index in [0.717, 1.165) is 5.56 Å². The Bertz CT molecular complexity index is 518. The van der Waals surface area contributed by atoms with Crippen LogP contribution in [0.15, 0.2) is 30.5 Å². The summed E-state index contributed by atoms with van der Waals surface area (Å²) < 4.78 is 10.2. The van der Waals surface area contributed by atoms with E-state index in [1.165, 1.54) is 6.92 Å². The van der Waals surface area contributed by atoms with Gasteiger partial charge in [-0.1, -0.05) is 12.1 Å². The minimum absolute atomic E-state index is 0.00669. The molecule has 5 heteroatoms. The van der Waals surface area contributed by atoms with Gasteiger partial charge in [0, 0.05) is 32.8 Å². The van der Waals surface area contributed by atoms with Gasteiger partial charge in [-0.3, -0.25) is 9.59 Å². The summed E-state index contributed by atoms with van der Waals surface area (Å²) in [5.74, 6) is 0.347. The summed E-state index contributed by atoms with van der Waals surface area (Å²) >= 11 is 0. The third-order valence-corrected chi connectivity index (χ3v) is 2.59. The largest absolute Gasteiger partial charge is 0.490 e. The van der Waals surface area contributed by atoms with E-state index < -0.39 is 0 Å². The lowest BCUT2D eigenvalue weighted by Gasteiger charge is -2.11. The van der Waals surface area contributed by atoms with Crippen LogP contribution in [0.1, 0.15) is 19.4 Å². The van der Waals surface area contributed by atoms with Crippen molar-refractivity contribution in [3.8, 4) is 5.75 Å². The molecule has 0 amide bonds. The van der Waals surface area contributed by atoms with Crippen LogP contribution >= 0.6 is 0 Å². The van der Waals surface area contributed by atoms with E-state index in [0.29, 0.717) is 17.9 Å². The van der Waals surface area contributed by atoms with Crippen molar-refractivity contribution in [2.45, 2.75) is 13.8 Å². The van der Waals surface area contributed by atoms with Crippen LogP contribution < -0.4 is 4.74 Å². The summed E-state index contributed by atoms with van der Waals surface area (Å²) in [7, 11) is 3.74. The molecule has 0 aromatic heterocycles. The Hall–Kier alpha value is -2.30. The van der Waals surface area contributed by atoms with Crippen LogP contribution in [0.25, 0.3) is 5.57 Å². The van der Waals surface area contributed by atoms with E-state index in [4.69, 9.17) is 9.47 Å². The Labute approximate surface area is 125 Å². The number of benzene rings is 1. The van der Waals surface area contributed by atoms with Crippen LogP contribution in [0.4, 0.5) is 0 Å². The zero-order valence-electron chi connectivity index (χ0n) is 12.9. The minimum atomic E-state index is -0.325. The predicted octanol–water partition coefficient (Wildman–Crippen LogP) is 2.12. The van der Waals surface area contributed by atoms with Gasteiger partial charge in [-0.25, -0.2) is 0 Å². The first-order valence-corrected chi connectivity index (χ1v) is 6.66. The van der Waals surface area contributed by atoms with Gasteiger partial charge in [0.05, 0.1) is 0 Å². The molecule has 0 atom stereocenters. The topological polar surface area (TPSA) is 55.8 Å². The average Bonchev–Trinajstić information content (AvgIpc) is 2.41. The first-order chi connectivity index (χ1) is 9.90. The Morgan fingerprint density at radius 3 is 2.19 bits per heavy atom. The number of esters is 1. The highest BCUT2D eigenvalue weighted by Gasteiger charge is 2.08. The maximum Gasteiger partial charge on any atom is 0.302 e. The number of hydrogen-bond acceptors (Lipinski definition) is 5. The number of ketones is 1. The number of allylic oxidation sites excluding steroid dienone is 1. The Morgan fingerprint density at radius 1 is 1.10 bits per heavy atom. The smallest absolute Gasteiger partial charge is 0.302 e. The van der Waals surface area contributed by atoms with Gasteiger partial charge in [0.1, 0.15) is 19.0 Å². The third-order valence-electron chi connectivity index (χ3n) is 2.59. The normalized spacial score (nSPS) is 11.0. The zero-order valence-corrected chi connectivity index (χ0v) is 12.9. The molecule has 0 aliphatic heterocycles. The van der Waals surface area contributed by atoms with Gasteiger partial charge in [0.25, 0.3) is 0 Å². The van der Waals surface area contributed by atoms with Gasteiger partial charge >= 0.3 is 5.97 Å². The zero-order chi connectivity index (χ0) is 15.8. The van der Waals surface area contributed by atoms with Crippen molar-refractivity contribution in [1.82, 2.24) is 4.90 Å². The molecule has 114 valence electrons.